The van der Waals surface area contributed by atoms with E-state index >= 15 is 0 Å². The zero-order valence-corrected chi connectivity index (χ0v) is 19.9. The smallest absolute Gasteiger partial charge is 0.242 e. The fraction of sp³-hybridized carbons (Fsp3) is 0.375. The highest BCUT2D eigenvalue weighted by Crippen LogP contribution is 2.27. The first-order valence-corrected chi connectivity index (χ1v) is 12.8. The number of nitrogens with one attached hydrogen (secondary N) is 1. The van der Waals surface area contributed by atoms with Crippen LogP contribution < -0.4 is 15.0 Å². The van der Waals surface area contributed by atoms with Gasteiger partial charge in [-0.3, -0.25) is 4.79 Å². The molecule has 174 valence electrons. The molecule has 1 N–H and O–H groups in total. The molecule has 1 aromatic heterocycles. The van der Waals surface area contributed by atoms with Crippen LogP contribution in [-0.4, -0.2) is 56.8 Å². The first kappa shape index (κ1) is 23.0. The number of methoxy groups -OCH3 is 1. The van der Waals surface area contributed by atoms with Crippen LogP contribution in [0.2, 0.25) is 0 Å². The SMILES string of the molecule is COc1ccccc1CCNC(=O)[C@@H]1CCCN1c1nc(C)c2ccc(S(C)(=O)=O)cc2n1. The van der Waals surface area contributed by atoms with Gasteiger partial charge in [-0.25, -0.2) is 18.4 Å². The Balaban J connectivity index is 1.52. The molecule has 1 amide bonds. The second-order valence-electron chi connectivity index (χ2n) is 8.26. The monoisotopic (exact) mass is 468 g/mol. The van der Waals surface area contributed by atoms with E-state index in [1.54, 1.807) is 25.3 Å². The van der Waals surface area contributed by atoms with Crippen molar-refractivity contribution in [2.24, 2.45) is 0 Å². The average molecular weight is 469 g/mol. The lowest BCUT2D eigenvalue weighted by Gasteiger charge is -2.24. The zero-order chi connectivity index (χ0) is 23.6. The summed E-state index contributed by atoms with van der Waals surface area (Å²) in [6, 6.07) is 12.3. The molecule has 1 aliphatic rings. The van der Waals surface area contributed by atoms with E-state index in [9.17, 15) is 13.2 Å². The summed E-state index contributed by atoms with van der Waals surface area (Å²) >= 11 is 0. The highest BCUT2D eigenvalue weighted by molar-refractivity contribution is 7.90. The first-order chi connectivity index (χ1) is 15.8. The van der Waals surface area contributed by atoms with Crippen LogP contribution in [0.1, 0.15) is 24.1 Å². The predicted octanol–water partition coefficient (Wildman–Crippen LogP) is 2.68. The normalized spacial score (nSPS) is 16.2. The van der Waals surface area contributed by atoms with Gasteiger partial charge in [0.1, 0.15) is 11.8 Å². The number of sulfone groups is 1. The van der Waals surface area contributed by atoms with Crippen LogP contribution in [0.3, 0.4) is 0 Å². The molecule has 1 aliphatic heterocycles. The Bertz CT molecular complexity index is 1290. The number of hydrogen-bond donors (Lipinski definition) is 1. The van der Waals surface area contributed by atoms with Crippen molar-refractivity contribution < 1.29 is 17.9 Å². The molecule has 0 unspecified atom stereocenters. The molecule has 4 rings (SSSR count). The number of carbonyl (C=O) groups excluding carboxylic acids is 1. The quantitative estimate of drug-likeness (QED) is 0.569. The lowest BCUT2D eigenvalue weighted by atomic mass is 10.1. The van der Waals surface area contributed by atoms with Crippen molar-refractivity contribution in [1.82, 2.24) is 15.3 Å². The zero-order valence-electron chi connectivity index (χ0n) is 19.0. The molecule has 2 aromatic carbocycles. The Labute approximate surface area is 193 Å². The molecule has 1 fully saturated rings. The van der Waals surface area contributed by atoms with E-state index in [0.717, 1.165) is 28.8 Å². The first-order valence-electron chi connectivity index (χ1n) is 10.9. The Morgan fingerprint density at radius 1 is 1.21 bits per heavy atom. The molecular formula is C24H28N4O4S. The topological polar surface area (TPSA) is 101 Å². The van der Waals surface area contributed by atoms with Gasteiger partial charge in [0, 0.05) is 24.7 Å². The number of amides is 1. The molecule has 33 heavy (non-hydrogen) atoms. The Kier molecular flexibility index (Phi) is 6.51. The van der Waals surface area contributed by atoms with Gasteiger partial charge in [-0.1, -0.05) is 18.2 Å². The highest BCUT2D eigenvalue weighted by atomic mass is 32.2. The van der Waals surface area contributed by atoms with E-state index in [1.807, 2.05) is 36.1 Å². The lowest BCUT2D eigenvalue weighted by Crippen LogP contribution is -2.44. The highest BCUT2D eigenvalue weighted by Gasteiger charge is 2.32. The summed E-state index contributed by atoms with van der Waals surface area (Å²) in [5.74, 6) is 1.20. The number of aromatic nitrogens is 2. The van der Waals surface area contributed by atoms with Gasteiger partial charge in [-0.05, 0) is 56.0 Å². The van der Waals surface area contributed by atoms with Gasteiger partial charge in [0.05, 0.1) is 23.2 Å². The third-order valence-electron chi connectivity index (χ3n) is 5.97. The number of aryl methyl sites for hydroxylation is 1. The van der Waals surface area contributed by atoms with Crippen LogP contribution in [0.5, 0.6) is 5.75 Å². The number of fused-ring (bicyclic) bond motifs is 1. The fourth-order valence-corrected chi connectivity index (χ4v) is 4.88. The van der Waals surface area contributed by atoms with Gasteiger partial charge >= 0.3 is 0 Å². The number of rotatable bonds is 7. The molecule has 1 saturated heterocycles. The molecule has 0 saturated carbocycles. The molecule has 8 nitrogen and oxygen atoms in total. The summed E-state index contributed by atoms with van der Waals surface area (Å²) < 4.78 is 29.3. The summed E-state index contributed by atoms with van der Waals surface area (Å²) in [6.07, 6.45) is 3.41. The lowest BCUT2D eigenvalue weighted by molar-refractivity contribution is -0.122. The van der Waals surface area contributed by atoms with Crippen LogP contribution in [0.15, 0.2) is 47.4 Å². The van der Waals surface area contributed by atoms with Crippen LogP contribution in [0, 0.1) is 6.92 Å². The molecule has 3 aromatic rings. The number of nitrogens with zero attached hydrogens (tertiary/aromatic N) is 3. The van der Waals surface area contributed by atoms with Gasteiger partial charge in [0.25, 0.3) is 0 Å². The number of anilines is 1. The Hall–Kier alpha value is -3.20. The summed E-state index contributed by atoms with van der Waals surface area (Å²) in [6.45, 7) is 3.03. The largest absolute Gasteiger partial charge is 0.496 e. The van der Waals surface area contributed by atoms with E-state index < -0.39 is 9.84 Å². The summed E-state index contributed by atoms with van der Waals surface area (Å²) in [5.41, 5.74) is 2.35. The maximum absolute atomic E-state index is 13.0. The van der Waals surface area contributed by atoms with Crippen molar-refractivity contribution in [1.29, 1.82) is 0 Å². The van der Waals surface area contributed by atoms with Crippen molar-refractivity contribution in [3.8, 4) is 5.75 Å². The Morgan fingerprint density at radius 3 is 2.76 bits per heavy atom. The van der Waals surface area contributed by atoms with E-state index in [1.165, 1.54) is 6.26 Å². The number of ether oxygens (including phenoxy) is 1. The standard InChI is InChI=1S/C24H28N4O4S/c1-16-19-11-10-18(33(3,30)31)15-20(19)27-24(26-16)28-14-6-8-21(28)23(29)25-13-12-17-7-4-5-9-22(17)32-2/h4-5,7,9-11,15,21H,6,8,12-14H2,1-3H3,(H,25,29)/t21-/m0/s1. The molecule has 0 spiro atoms. The van der Waals surface area contributed by atoms with Gasteiger partial charge in [0.2, 0.25) is 11.9 Å². The number of benzene rings is 2. The molecular weight excluding hydrogens is 440 g/mol. The van der Waals surface area contributed by atoms with Crippen molar-refractivity contribution >= 4 is 32.6 Å². The second-order valence-corrected chi connectivity index (χ2v) is 10.3. The maximum atomic E-state index is 13.0. The van der Waals surface area contributed by atoms with Crippen molar-refractivity contribution in [2.45, 2.75) is 37.1 Å². The van der Waals surface area contributed by atoms with Gasteiger partial charge in [-0.2, -0.15) is 0 Å². The van der Waals surface area contributed by atoms with Crippen LogP contribution in [0.25, 0.3) is 10.9 Å². The number of carbonyl (C=O) groups is 1. The molecule has 9 heteroatoms. The van der Waals surface area contributed by atoms with E-state index in [2.05, 4.69) is 15.3 Å². The van der Waals surface area contributed by atoms with Gasteiger partial charge in [0.15, 0.2) is 9.84 Å². The number of hydrogen-bond acceptors (Lipinski definition) is 7. The van der Waals surface area contributed by atoms with Crippen LogP contribution in [-0.2, 0) is 21.1 Å². The summed E-state index contributed by atoms with van der Waals surface area (Å²) in [4.78, 5) is 24.4. The minimum absolute atomic E-state index is 0.0614. The fourth-order valence-electron chi connectivity index (χ4n) is 4.24. The molecule has 0 aliphatic carbocycles. The molecule has 0 radical (unpaired) electrons. The second kappa shape index (κ2) is 9.35. The average Bonchev–Trinajstić information content (AvgIpc) is 3.28. The molecule has 0 bridgehead atoms. The van der Waals surface area contributed by atoms with Gasteiger partial charge < -0.3 is 15.0 Å². The minimum Gasteiger partial charge on any atom is -0.496 e. The van der Waals surface area contributed by atoms with Crippen LogP contribution >= 0.6 is 0 Å². The molecule has 2 heterocycles. The van der Waals surface area contributed by atoms with Crippen molar-refractivity contribution in [3.05, 3.63) is 53.7 Å². The molecule has 1 atom stereocenters. The minimum atomic E-state index is -3.35. The van der Waals surface area contributed by atoms with Crippen LogP contribution in [0.4, 0.5) is 5.95 Å². The van der Waals surface area contributed by atoms with E-state index in [4.69, 9.17) is 4.74 Å². The predicted molar refractivity (Wildman–Crippen MR) is 127 cm³/mol. The summed E-state index contributed by atoms with van der Waals surface area (Å²) in [5, 5.41) is 3.83. The number of para-hydroxylation sites is 1. The van der Waals surface area contributed by atoms with Crippen molar-refractivity contribution in [3.63, 3.8) is 0 Å². The van der Waals surface area contributed by atoms with E-state index in [-0.39, 0.29) is 16.8 Å². The van der Waals surface area contributed by atoms with Gasteiger partial charge in [-0.15, -0.1) is 0 Å². The van der Waals surface area contributed by atoms with Crippen molar-refractivity contribution in [2.75, 3.05) is 31.4 Å². The van der Waals surface area contributed by atoms with E-state index in [0.29, 0.717) is 37.4 Å². The summed E-state index contributed by atoms with van der Waals surface area (Å²) in [7, 11) is -1.71. The maximum Gasteiger partial charge on any atom is 0.242 e. The third-order valence-corrected chi connectivity index (χ3v) is 7.08. The Morgan fingerprint density at radius 2 is 2.00 bits per heavy atom. The third kappa shape index (κ3) is 4.93.